The first kappa shape index (κ1) is 16.0. The fourth-order valence-corrected chi connectivity index (χ4v) is 1.50. The summed E-state index contributed by atoms with van der Waals surface area (Å²) in [6.07, 6.45) is -3.02. The molecule has 4 nitrogen and oxygen atoms in total. The highest BCUT2D eigenvalue weighted by Gasteiger charge is 2.32. The third kappa shape index (κ3) is 3.97. The molecule has 0 aliphatic heterocycles. The Balaban J connectivity index is 3.28. The predicted molar refractivity (Wildman–Crippen MR) is 71.2 cm³/mol. The smallest absolute Gasteiger partial charge is 0.310 e. The third-order valence-electron chi connectivity index (χ3n) is 2.39. The van der Waals surface area contributed by atoms with Crippen molar-refractivity contribution in [2.24, 2.45) is 0 Å². The monoisotopic (exact) mass is 288 g/mol. The van der Waals surface area contributed by atoms with Gasteiger partial charge in [-0.1, -0.05) is 6.07 Å². The number of carbonyl (C=O) groups is 1. The maximum absolute atomic E-state index is 12.7. The summed E-state index contributed by atoms with van der Waals surface area (Å²) in [5.74, 6) is 0. The van der Waals surface area contributed by atoms with Gasteiger partial charge in [0.05, 0.1) is 19.7 Å². The minimum atomic E-state index is -4.44. The van der Waals surface area contributed by atoms with Gasteiger partial charge in [0.1, 0.15) is 5.69 Å². The molecule has 1 aromatic carbocycles. The van der Waals surface area contributed by atoms with Gasteiger partial charge in [-0.05, 0) is 18.2 Å². The van der Waals surface area contributed by atoms with Crippen LogP contribution < -0.4 is 4.90 Å². The van der Waals surface area contributed by atoms with Gasteiger partial charge in [0.2, 0.25) is 6.34 Å². The molecule has 7 heteroatoms. The van der Waals surface area contributed by atoms with E-state index >= 15 is 0 Å². The average molecular weight is 288 g/mol. The Kier molecular flexibility index (Phi) is 4.75. The van der Waals surface area contributed by atoms with Gasteiger partial charge in [0.15, 0.2) is 0 Å². The maximum Gasteiger partial charge on any atom is 0.416 e. The molecule has 0 saturated heterocycles. The summed E-state index contributed by atoms with van der Waals surface area (Å²) in [6.45, 7) is 0. The summed E-state index contributed by atoms with van der Waals surface area (Å²) in [5.41, 5.74) is -0.633. The van der Waals surface area contributed by atoms with Crippen molar-refractivity contribution >= 4 is 18.1 Å². The first-order valence-electron chi connectivity index (χ1n) is 5.82. The summed E-state index contributed by atoms with van der Waals surface area (Å²) in [5, 5.41) is 0. The summed E-state index contributed by atoms with van der Waals surface area (Å²) >= 11 is 0. The van der Waals surface area contributed by atoms with Crippen LogP contribution in [0.15, 0.2) is 24.3 Å². The van der Waals surface area contributed by atoms with Crippen molar-refractivity contribution in [2.45, 2.75) is 6.18 Å². The van der Waals surface area contributed by atoms with Gasteiger partial charge in [0.25, 0.3) is 0 Å². The molecule has 0 unspecified atom stereocenters. The second kappa shape index (κ2) is 5.94. The summed E-state index contributed by atoms with van der Waals surface area (Å²) in [7, 11) is 6.44. The Labute approximate surface area is 115 Å². The molecule has 0 aliphatic carbocycles. The molecular formula is C13H17F3N3O+. The molecule has 20 heavy (non-hydrogen) atoms. The minimum absolute atomic E-state index is 0.159. The van der Waals surface area contributed by atoms with E-state index in [9.17, 15) is 18.0 Å². The normalized spacial score (nSPS) is 10.9. The molecule has 0 bridgehead atoms. The van der Waals surface area contributed by atoms with Crippen molar-refractivity contribution in [1.29, 1.82) is 0 Å². The zero-order chi connectivity index (χ0) is 15.5. The van der Waals surface area contributed by atoms with Gasteiger partial charge >= 0.3 is 12.2 Å². The Morgan fingerprint density at radius 2 is 1.85 bits per heavy atom. The van der Waals surface area contributed by atoms with Gasteiger partial charge < -0.3 is 4.90 Å². The summed E-state index contributed by atoms with van der Waals surface area (Å²) < 4.78 is 39.7. The van der Waals surface area contributed by atoms with Crippen LogP contribution in [0.5, 0.6) is 0 Å². The molecule has 0 aromatic heterocycles. The Hall–Kier alpha value is -2.05. The molecule has 0 heterocycles. The molecule has 110 valence electrons. The second-order valence-electron chi connectivity index (χ2n) is 4.67. The molecule has 0 spiro atoms. The van der Waals surface area contributed by atoms with Gasteiger partial charge in [0, 0.05) is 14.1 Å². The van der Waals surface area contributed by atoms with E-state index in [0.717, 1.165) is 17.0 Å². The SMILES string of the molecule is CN(C)C(=O)N(C=[N+](C)C)c1cccc(C(F)(F)F)c1. The largest absolute Gasteiger partial charge is 0.416 e. The lowest BCUT2D eigenvalue weighted by Crippen LogP contribution is -2.40. The molecule has 0 radical (unpaired) electrons. The van der Waals surface area contributed by atoms with Crippen LogP contribution in [0, 0.1) is 0 Å². The van der Waals surface area contributed by atoms with Crippen LogP contribution >= 0.6 is 0 Å². The highest BCUT2D eigenvalue weighted by molar-refractivity contribution is 6.06. The quantitative estimate of drug-likeness (QED) is 0.466. The Morgan fingerprint density at radius 3 is 2.30 bits per heavy atom. The molecule has 0 atom stereocenters. The van der Waals surface area contributed by atoms with E-state index in [1.807, 2.05) is 0 Å². The zero-order valence-electron chi connectivity index (χ0n) is 11.8. The lowest BCUT2D eigenvalue weighted by molar-refractivity contribution is -0.460. The van der Waals surface area contributed by atoms with Crippen molar-refractivity contribution in [3.63, 3.8) is 0 Å². The van der Waals surface area contributed by atoms with E-state index < -0.39 is 17.8 Å². The standard InChI is InChI=1S/C13H17F3N3O/c1-17(2)9-19(12(20)18(3)4)11-7-5-6-10(8-11)13(14,15)16/h5-9H,1-4H3/q+1. The van der Waals surface area contributed by atoms with Crippen molar-refractivity contribution in [3.05, 3.63) is 29.8 Å². The number of amides is 2. The van der Waals surface area contributed by atoms with Crippen LogP contribution in [0.1, 0.15) is 5.56 Å². The number of hydrogen-bond donors (Lipinski definition) is 0. The zero-order valence-corrected chi connectivity index (χ0v) is 11.8. The molecule has 1 aromatic rings. The Morgan fingerprint density at radius 1 is 1.25 bits per heavy atom. The molecule has 0 fully saturated rings. The van der Waals surface area contributed by atoms with Gasteiger partial charge in [-0.3, -0.25) is 4.58 Å². The molecule has 0 saturated carbocycles. The summed E-state index contributed by atoms with van der Waals surface area (Å²) in [4.78, 5) is 14.5. The summed E-state index contributed by atoms with van der Waals surface area (Å²) in [6, 6.07) is 4.21. The molecule has 0 aliphatic rings. The van der Waals surface area contributed by atoms with Crippen LogP contribution in [-0.2, 0) is 6.18 Å². The molecular weight excluding hydrogens is 271 g/mol. The van der Waals surface area contributed by atoms with E-state index in [0.29, 0.717) is 0 Å². The number of rotatable bonds is 2. The van der Waals surface area contributed by atoms with Crippen molar-refractivity contribution in [1.82, 2.24) is 4.90 Å². The lowest BCUT2D eigenvalue weighted by Gasteiger charge is -2.17. The number of anilines is 1. The number of halogens is 3. The number of nitrogens with zero attached hydrogens (tertiary/aromatic N) is 3. The van der Waals surface area contributed by atoms with Crippen molar-refractivity contribution in [3.8, 4) is 0 Å². The van der Waals surface area contributed by atoms with Crippen LogP contribution in [0.25, 0.3) is 0 Å². The average Bonchev–Trinajstić information content (AvgIpc) is 2.34. The number of alkyl halides is 3. The topological polar surface area (TPSA) is 26.6 Å². The van der Waals surface area contributed by atoms with E-state index in [1.165, 1.54) is 37.5 Å². The first-order chi connectivity index (χ1) is 9.12. The molecule has 1 rings (SSSR count). The van der Waals surface area contributed by atoms with Gasteiger partial charge in [-0.2, -0.15) is 13.2 Å². The van der Waals surface area contributed by atoms with Crippen LogP contribution in [0.3, 0.4) is 0 Å². The number of carbonyl (C=O) groups excluding carboxylic acids is 1. The highest BCUT2D eigenvalue weighted by Crippen LogP contribution is 2.31. The van der Waals surface area contributed by atoms with E-state index in [-0.39, 0.29) is 5.69 Å². The van der Waals surface area contributed by atoms with Crippen LogP contribution in [-0.4, -0.2) is 50.0 Å². The third-order valence-corrected chi connectivity index (χ3v) is 2.39. The minimum Gasteiger partial charge on any atom is -0.310 e. The molecule has 2 amide bonds. The predicted octanol–water partition coefficient (Wildman–Crippen LogP) is 2.49. The van der Waals surface area contributed by atoms with Crippen molar-refractivity contribution in [2.75, 3.05) is 33.1 Å². The Bertz CT molecular complexity index is 520. The first-order valence-corrected chi connectivity index (χ1v) is 5.82. The second-order valence-corrected chi connectivity index (χ2v) is 4.67. The van der Waals surface area contributed by atoms with E-state index in [4.69, 9.17) is 0 Å². The lowest BCUT2D eigenvalue weighted by atomic mass is 10.2. The number of benzene rings is 1. The van der Waals surface area contributed by atoms with E-state index in [2.05, 4.69) is 0 Å². The number of hydrogen-bond acceptors (Lipinski definition) is 1. The maximum atomic E-state index is 12.7. The fraction of sp³-hybridized carbons (Fsp3) is 0.385. The van der Waals surface area contributed by atoms with Crippen molar-refractivity contribution < 1.29 is 22.5 Å². The van der Waals surface area contributed by atoms with Gasteiger partial charge in [-0.15, -0.1) is 4.90 Å². The van der Waals surface area contributed by atoms with E-state index in [1.54, 1.807) is 18.7 Å². The van der Waals surface area contributed by atoms with Gasteiger partial charge in [-0.25, -0.2) is 4.79 Å². The van der Waals surface area contributed by atoms with Crippen LogP contribution in [0.2, 0.25) is 0 Å². The fourth-order valence-electron chi connectivity index (χ4n) is 1.50. The highest BCUT2D eigenvalue weighted by atomic mass is 19.4. The van der Waals surface area contributed by atoms with Crippen LogP contribution in [0.4, 0.5) is 23.7 Å². The molecule has 0 N–H and O–H groups in total. The number of urea groups is 1.